The van der Waals surface area contributed by atoms with Gasteiger partial charge in [0.05, 0.1) is 31.0 Å². The van der Waals surface area contributed by atoms with E-state index in [1.807, 2.05) is 0 Å². The van der Waals surface area contributed by atoms with Crippen LogP contribution in [-0.2, 0) is 18.9 Å². The van der Waals surface area contributed by atoms with Crippen molar-refractivity contribution in [2.45, 2.75) is 137 Å². The number of nitrogens with one attached hydrogen (secondary N) is 2. The molecular weight excluding hydrogens is 556 g/mol. The molecule has 8 heteroatoms. The molecule has 2 saturated heterocycles. The van der Waals surface area contributed by atoms with Crippen LogP contribution in [-0.4, -0.2) is 74.8 Å². The van der Waals surface area contributed by atoms with Gasteiger partial charge in [-0.05, 0) is 103 Å². The van der Waals surface area contributed by atoms with Gasteiger partial charge in [0, 0.05) is 25.6 Å². The second-order valence-corrected chi connectivity index (χ2v) is 17.5. The van der Waals surface area contributed by atoms with Gasteiger partial charge in [-0.25, -0.2) is 4.79 Å². The molecule has 0 aromatic heterocycles. The lowest BCUT2D eigenvalue weighted by molar-refractivity contribution is -0.237. The minimum Gasteiger partial charge on any atom is -0.443 e. The van der Waals surface area contributed by atoms with Gasteiger partial charge >= 0.3 is 6.09 Å². The minimum atomic E-state index is -0.518. The van der Waals surface area contributed by atoms with E-state index in [0.29, 0.717) is 34.5 Å². The van der Waals surface area contributed by atoms with Crippen LogP contribution >= 0.6 is 0 Å². The Kier molecular flexibility index (Phi) is 7.58. The largest absolute Gasteiger partial charge is 0.443 e. The molecule has 2 unspecified atom stereocenters. The van der Waals surface area contributed by atoms with E-state index >= 15 is 0 Å². The van der Waals surface area contributed by atoms with Crippen molar-refractivity contribution < 1.29 is 28.8 Å². The summed E-state index contributed by atoms with van der Waals surface area (Å²) >= 11 is 0. The van der Waals surface area contributed by atoms with Gasteiger partial charge in [0.2, 0.25) is 0 Å². The van der Waals surface area contributed by atoms with Crippen molar-refractivity contribution in [2.75, 3.05) is 26.7 Å². The topological polar surface area (TPSA) is 98.3 Å². The standard InChI is InChI=1S/C36H60N2O6/c1-20(2)28(44-31(40)37-8)22-17-21(3)27-29(42-22)30(39)34(7)24-10-9-23-32(4,5)25(43-26-18-38-15-16-41-26)11-12-35(23)19-36(24,35)14-13-33(27,34)6/h20-30,38-39H,9-19H2,1-8H3,(H,37,40)/t21-,22-,23+,24+,25?,26+,27+,28-,29+,30+,33-,34-,35?,36+/m1/s1. The Bertz CT molecular complexity index is 1130. The predicted octanol–water partition coefficient (Wildman–Crippen LogP) is 5.51. The van der Waals surface area contributed by atoms with E-state index in [1.165, 1.54) is 32.1 Å². The van der Waals surface area contributed by atoms with Crippen LogP contribution in [0.3, 0.4) is 0 Å². The van der Waals surface area contributed by atoms with Gasteiger partial charge in [-0.2, -0.15) is 0 Å². The lowest BCUT2D eigenvalue weighted by atomic mass is 9.41. The number of ether oxygens (including phenoxy) is 4. The Balaban J connectivity index is 1.15. The van der Waals surface area contributed by atoms with Crippen molar-refractivity contribution in [1.82, 2.24) is 10.6 Å². The van der Waals surface area contributed by atoms with Gasteiger partial charge in [-0.3, -0.25) is 0 Å². The molecule has 5 aliphatic carbocycles. The summed E-state index contributed by atoms with van der Waals surface area (Å²) in [5, 5.41) is 18.6. The summed E-state index contributed by atoms with van der Waals surface area (Å²) in [4.78, 5) is 12.3. The first kappa shape index (κ1) is 31.7. The van der Waals surface area contributed by atoms with Crippen molar-refractivity contribution in [1.29, 1.82) is 0 Å². The van der Waals surface area contributed by atoms with E-state index in [-0.39, 0.29) is 52.9 Å². The Labute approximate surface area is 265 Å². The molecular formula is C36H60N2O6. The van der Waals surface area contributed by atoms with Gasteiger partial charge in [0.1, 0.15) is 6.10 Å². The third-order valence-corrected chi connectivity index (χ3v) is 15.4. The summed E-state index contributed by atoms with van der Waals surface area (Å²) in [5.74, 6) is 1.96. The molecule has 5 saturated carbocycles. The van der Waals surface area contributed by atoms with E-state index in [9.17, 15) is 9.90 Å². The smallest absolute Gasteiger partial charge is 0.407 e. The summed E-state index contributed by atoms with van der Waals surface area (Å²) < 4.78 is 25.5. The summed E-state index contributed by atoms with van der Waals surface area (Å²) in [6.45, 7) is 18.9. The average molecular weight is 617 g/mol. The van der Waals surface area contributed by atoms with Crippen molar-refractivity contribution >= 4 is 6.09 Å². The number of carbonyl (C=O) groups excluding carboxylic acids is 1. The molecule has 0 aromatic rings. The van der Waals surface area contributed by atoms with Crippen molar-refractivity contribution in [3.8, 4) is 0 Å². The molecule has 2 heterocycles. The number of hydrogen-bond acceptors (Lipinski definition) is 7. The van der Waals surface area contributed by atoms with Gasteiger partial charge in [0.25, 0.3) is 0 Å². The number of fused-ring (bicyclic) bond motifs is 4. The number of aliphatic hydroxyl groups is 1. The zero-order chi connectivity index (χ0) is 31.4. The molecule has 7 aliphatic rings. The highest BCUT2D eigenvalue weighted by Gasteiger charge is 2.84. The normalized spacial score (nSPS) is 52.9. The first-order chi connectivity index (χ1) is 20.8. The van der Waals surface area contributed by atoms with E-state index < -0.39 is 12.2 Å². The molecule has 0 aromatic carbocycles. The minimum absolute atomic E-state index is 0.0180. The molecule has 7 fully saturated rings. The van der Waals surface area contributed by atoms with Crippen molar-refractivity contribution in [2.24, 2.45) is 56.7 Å². The zero-order valence-corrected chi connectivity index (χ0v) is 28.6. The number of aliphatic hydroxyl groups excluding tert-OH is 1. The number of carbonyl (C=O) groups is 1. The lowest BCUT2D eigenvalue weighted by Gasteiger charge is -2.63. The van der Waals surface area contributed by atoms with Crippen LogP contribution in [0.2, 0.25) is 0 Å². The van der Waals surface area contributed by atoms with Crippen LogP contribution in [0.4, 0.5) is 4.79 Å². The predicted molar refractivity (Wildman–Crippen MR) is 168 cm³/mol. The number of rotatable bonds is 5. The van der Waals surface area contributed by atoms with Crippen molar-refractivity contribution in [3.63, 3.8) is 0 Å². The van der Waals surface area contributed by atoms with Gasteiger partial charge in [-0.15, -0.1) is 0 Å². The fourth-order valence-corrected chi connectivity index (χ4v) is 13.4. The van der Waals surface area contributed by atoms with Crippen LogP contribution in [0, 0.1) is 56.7 Å². The first-order valence-electron chi connectivity index (χ1n) is 18.0. The maximum atomic E-state index is 12.5. The van der Waals surface area contributed by atoms with E-state index in [2.05, 4.69) is 59.1 Å². The quantitative estimate of drug-likeness (QED) is 0.375. The highest BCUT2D eigenvalue weighted by molar-refractivity contribution is 5.66. The Hall–Kier alpha value is -0.930. The number of amides is 1. The third-order valence-electron chi connectivity index (χ3n) is 15.4. The van der Waals surface area contributed by atoms with Crippen LogP contribution in [0.1, 0.15) is 99.8 Å². The van der Waals surface area contributed by atoms with Gasteiger partial charge in [0.15, 0.2) is 6.29 Å². The monoisotopic (exact) mass is 616 g/mol. The fourth-order valence-electron chi connectivity index (χ4n) is 13.4. The van der Waals surface area contributed by atoms with Crippen LogP contribution < -0.4 is 10.6 Å². The highest BCUT2D eigenvalue weighted by Crippen LogP contribution is 2.89. The Morgan fingerprint density at radius 2 is 1.77 bits per heavy atom. The molecule has 7 rings (SSSR count). The van der Waals surface area contributed by atoms with Gasteiger partial charge < -0.3 is 34.7 Å². The molecule has 2 aliphatic heterocycles. The summed E-state index contributed by atoms with van der Waals surface area (Å²) in [7, 11) is 1.60. The molecule has 0 bridgehead atoms. The fraction of sp³-hybridized carbons (Fsp3) is 0.972. The summed E-state index contributed by atoms with van der Waals surface area (Å²) in [6, 6.07) is 0. The van der Waals surface area contributed by atoms with Crippen LogP contribution in [0.15, 0.2) is 0 Å². The van der Waals surface area contributed by atoms with Gasteiger partial charge in [-0.1, -0.05) is 48.5 Å². The number of hydrogen-bond donors (Lipinski definition) is 3. The average Bonchev–Trinajstić information content (AvgIpc) is 3.62. The maximum absolute atomic E-state index is 12.5. The SMILES string of the molecule is CNC(=O)O[C@H](C(C)C)[C@H]1C[C@@H](C)[C@H]2[C@H](O1)[C@H](O)[C@@]1(C)[C@@H]3CC[C@H]4C(C)(C)C(O[C@H]5CNCCO5)CCC45C[C@@]35CC[C@]21C. The molecule has 14 atom stereocenters. The molecule has 0 radical (unpaired) electrons. The van der Waals surface area contributed by atoms with E-state index in [0.717, 1.165) is 39.0 Å². The molecule has 44 heavy (non-hydrogen) atoms. The second-order valence-electron chi connectivity index (χ2n) is 17.5. The lowest BCUT2D eigenvalue weighted by Crippen LogP contribution is -2.60. The maximum Gasteiger partial charge on any atom is 0.407 e. The molecule has 3 N–H and O–H groups in total. The van der Waals surface area contributed by atoms with Crippen LogP contribution in [0.5, 0.6) is 0 Å². The Morgan fingerprint density at radius 3 is 2.45 bits per heavy atom. The first-order valence-corrected chi connectivity index (χ1v) is 18.0. The van der Waals surface area contributed by atoms with E-state index in [1.54, 1.807) is 7.05 Å². The Morgan fingerprint density at radius 1 is 1.05 bits per heavy atom. The molecule has 1 amide bonds. The molecule has 250 valence electrons. The number of alkyl carbamates (subject to hydrolysis) is 1. The summed E-state index contributed by atoms with van der Waals surface area (Å²) in [5.41, 5.74) is 0.590. The van der Waals surface area contributed by atoms with Crippen molar-refractivity contribution in [3.05, 3.63) is 0 Å². The van der Waals surface area contributed by atoms with E-state index in [4.69, 9.17) is 18.9 Å². The third kappa shape index (κ3) is 4.08. The highest BCUT2D eigenvalue weighted by atomic mass is 16.7. The van der Waals surface area contributed by atoms with Crippen LogP contribution in [0.25, 0.3) is 0 Å². The molecule has 2 spiro atoms. The molecule has 8 nitrogen and oxygen atoms in total. The summed E-state index contributed by atoms with van der Waals surface area (Å²) in [6.07, 6.45) is 7.73. The number of morpholine rings is 1. The zero-order valence-electron chi connectivity index (χ0n) is 28.6. The second kappa shape index (κ2) is 10.5.